The highest BCUT2D eigenvalue weighted by atomic mass is 19.4. The molecule has 1 amide bonds. The Morgan fingerprint density at radius 3 is 1.68 bits per heavy atom. The smallest absolute Gasteiger partial charge is 0.471 e. The third kappa shape index (κ3) is 2.76. The van der Waals surface area contributed by atoms with E-state index >= 15 is 0 Å². The monoisotopic (exact) mass is 293 g/mol. The van der Waals surface area contributed by atoms with Crippen LogP contribution in [0.25, 0.3) is 0 Å². The topological polar surface area (TPSA) is 57.6 Å². The second-order valence-electron chi connectivity index (χ2n) is 4.17. The molecule has 0 aromatic rings. The van der Waals surface area contributed by atoms with Crippen LogP contribution in [0.3, 0.4) is 0 Å². The van der Waals surface area contributed by atoms with Crippen molar-refractivity contribution >= 4 is 11.9 Å². The van der Waals surface area contributed by atoms with Crippen LogP contribution >= 0.6 is 0 Å². The zero-order valence-electron chi connectivity index (χ0n) is 9.31. The molecule has 19 heavy (non-hydrogen) atoms. The summed E-state index contributed by atoms with van der Waals surface area (Å²) in [6, 6.07) is 0. The molecule has 0 aromatic carbocycles. The highest BCUT2D eigenvalue weighted by Gasteiger charge is 2.62. The van der Waals surface area contributed by atoms with Crippen molar-refractivity contribution in [1.82, 2.24) is 4.90 Å². The summed E-state index contributed by atoms with van der Waals surface area (Å²) in [5.41, 5.74) is -3.09. The maximum Gasteiger partial charge on any atom is 0.471 e. The van der Waals surface area contributed by atoms with Crippen molar-refractivity contribution in [2.24, 2.45) is 5.41 Å². The molecule has 0 aromatic heterocycles. The summed E-state index contributed by atoms with van der Waals surface area (Å²) in [5, 5.41) is 8.66. The van der Waals surface area contributed by atoms with Crippen LogP contribution in [0.4, 0.5) is 26.3 Å². The molecule has 1 aliphatic heterocycles. The highest BCUT2D eigenvalue weighted by Crippen LogP contribution is 2.46. The number of carboxylic acid groups (broad SMARTS) is 1. The number of carboxylic acids is 1. The molecule has 0 radical (unpaired) electrons. The van der Waals surface area contributed by atoms with Crippen LogP contribution in [-0.4, -0.2) is 47.3 Å². The Bertz CT molecular complexity index is 380. The molecule has 110 valence electrons. The SMILES string of the molecule is O=C(N1CCC(C(=O)O)(C(F)(F)F)CC1)C(F)(F)F. The van der Waals surface area contributed by atoms with Gasteiger partial charge in [-0.2, -0.15) is 26.3 Å². The van der Waals surface area contributed by atoms with E-state index in [1.807, 2.05) is 0 Å². The number of likely N-dealkylation sites (tertiary alicyclic amines) is 1. The van der Waals surface area contributed by atoms with Crippen LogP contribution in [0.2, 0.25) is 0 Å². The summed E-state index contributed by atoms with van der Waals surface area (Å²) in [4.78, 5) is 21.8. The first-order valence-electron chi connectivity index (χ1n) is 5.08. The Morgan fingerprint density at radius 1 is 1.00 bits per heavy atom. The standard InChI is InChI=1S/C9H9F6NO3/c10-8(11,12)5(17)16-3-1-7(2-4-16,6(18)19)9(13,14)15/h1-4H2,(H,18,19). The van der Waals surface area contributed by atoms with E-state index in [9.17, 15) is 35.9 Å². The van der Waals surface area contributed by atoms with E-state index in [1.165, 1.54) is 0 Å². The molecule has 1 rings (SSSR count). The molecule has 0 bridgehead atoms. The zero-order chi connectivity index (χ0) is 15.1. The van der Waals surface area contributed by atoms with E-state index in [1.54, 1.807) is 0 Å². The Kier molecular flexibility index (Phi) is 3.74. The quantitative estimate of drug-likeness (QED) is 0.750. The average molecular weight is 293 g/mol. The second kappa shape index (κ2) is 4.57. The van der Waals surface area contributed by atoms with Gasteiger partial charge in [-0.1, -0.05) is 0 Å². The Balaban J connectivity index is 2.86. The molecule has 0 aliphatic carbocycles. The van der Waals surface area contributed by atoms with Gasteiger partial charge in [0, 0.05) is 13.1 Å². The van der Waals surface area contributed by atoms with Gasteiger partial charge < -0.3 is 10.0 Å². The predicted molar refractivity (Wildman–Crippen MR) is 48.0 cm³/mol. The van der Waals surface area contributed by atoms with Gasteiger partial charge in [0.15, 0.2) is 5.41 Å². The van der Waals surface area contributed by atoms with Crippen LogP contribution in [0.5, 0.6) is 0 Å². The minimum absolute atomic E-state index is 0.187. The van der Waals surface area contributed by atoms with Crippen LogP contribution in [-0.2, 0) is 9.59 Å². The summed E-state index contributed by atoms with van der Waals surface area (Å²) >= 11 is 0. The molecule has 10 heteroatoms. The molecule has 4 nitrogen and oxygen atoms in total. The van der Waals surface area contributed by atoms with Gasteiger partial charge in [-0.15, -0.1) is 0 Å². The average Bonchev–Trinajstić information content (AvgIpc) is 2.25. The van der Waals surface area contributed by atoms with Gasteiger partial charge in [0.1, 0.15) is 0 Å². The molecule has 0 unspecified atom stereocenters. The number of carbonyl (C=O) groups is 2. The van der Waals surface area contributed by atoms with Gasteiger partial charge in [0.25, 0.3) is 0 Å². The van der Waals surface area contributed by atoms with Crippen molar-refractivity contribution in [3.05, 3.63) is 0 Å². The summed E-state index contributed by atoms with van der Waals surface area (Å²) in [5.74, 6) is -4.40. The van der Waals surface area contributed by atoms with E-state index in [0.29, 0.717) is 0 Å². The number of amides is 1. The summed E-state index contributed by atoms with van der Waals surface area (Å²) in [6.07, 6.45) is -12.4. The van der Waals surface area contributed by atoms with Gasteiger partial charge in [-0.3, -0.25) is 9.59 Å². The van der Waals surface area contributed by atoms with Crippen LogP contribution < -0.4 is 0 Å². The normalized spacial score (nSPS) is 20.2. The first-order chi connectivity index (χ1) is 8.42. The predicted octanol–water partition coefficient (Wildman–Crippen LogP) is 1.80. The Morgan fingerprint density at radius 2 is 1.42 bits per heavy atom. The van der Waals surface area contributed by atoms with Crippen LogP contribution in [0.1, 0.15) is 12.8 Å². The van der Waals surface area contributed by atoms with E-state index in [0.717, 1.165) is 0 Å². The number of rotatable bonds is 1. The lowest BCUT2D eigenvalue weighted by Gasteiger charge is -2.39. The highest BCUT2D eigenvalue weighted by molar-refractivity contribution is 5.82. The molecule has 1 N–H and O–H groups in total. The maximum atomic E-state index is 12.7. The molecule has 1 aliphatic rings. The van der Waals surface area contributed by atoms with Crippen molar-refractivity contribution in [3.8, 4) is 0 Å². The number of hydrogen-bond acceptors (Lipinski definition) is 2. The number of aliphatic carboxylic acids is 1. The van der Waals surface area contributed by atoms with E-state index in [4.69, 9.17) is 5.11 Å². The lowest BCUT2D eigenvalue weighted by Crippen LogP contribution is -2.55. The lowest BCUT2D eigenvalue weighted by atomic mass is 9.77. The van der Waals surface area contributed by atoms with E-state index in [2.05, 4.69) is 0 Å². The largest absolute Gasteiger partial charge is 0.481 e. The molecule has 0 spiro atoms. The minimum Gasteiger partial charge on any atom is -0.481 e. The van der Waals surface area contributed by atoms with Gasteiger partial charge in [0.2, 0.25) is 0 Å². The van der Waals surface area contributed by atoms with Gasteiger partial charge in [-0.25, -0.2) is 0 Å². The number of halogens is 6. The van der Waals surface area contributed by atoms with Gasteiger partial charge in [-0.05, 0) is 12.8 Å². The molecular weight excluding hydrogens is 284 g/mol. The van der Waals surface area contributed by atoms with E-state index in [-0.39, 0.29) is 4.90 Å². The lowest BCUT2D eigenvalue weighted by molar-refractivity contribution is -0.244. The second-order valence-corrected chi connectivity index (χ2v) is 4.17. The molecule has 1 fully saturated rings. The third-order valence-electron chi connectivity index (χ3n) is 3.10. The molecular formula is C9H9F6NO3. The fraction of sp³-hybridized carbons (Fsp3) is 0.778. The summed E-state index contributed by atoms with van der Waals surface area (Å²) in [6.45, 7) is -1.80. The van der Waals surface area contributed by atoms with Crippen molar-refractivity contribution in [1.29, 1.82) is 0 Å². The third-order valence-corrected chi connectivity index (χ3v) is 3.10. The number of hydrogen-bond donors (Lipinski definition) is 1. The first kappa shape index (κ1) is 15.6. The number of carbonyl (C=O) groups excluding carboxylic acids is 1. The van der Waals surface area contributed by atoms with Crippen molar-refractivity contribution in [2.75, 3.05) is 13.1 Å². The molecule has 0 saturated carbocycles. The summed E-state index contributed by atoms with van der Waals surface area (Å²) < 4.78 is 74.4. The molecule has 1 heterocycles. The number of alkyl halides is 6. The van der Waals surface area contributed by atoms with E-state index < -0.39 is 55.6 Å². The van der Waals surface area contributed by atoms with Gasteiger partial charge >= 0.3 is 24.2 Å². The van der Waals surface area contributed by atoms with Crippen molar-refractivity contribution < 1.29 is 41.0 Å². The number of nitrogens with zero attached hydrogens (tertiary/aromatic N) is 1. The Labute approximate surface area is 103 Å². The van der Waals surface area contributed by atoms with Crippen LogP contribution in [0.15, 0.2) is 0 Å². The first-order valence-corrected chi connectivity index (χ1v) is 5.08. The minimum atomic E-state index is -5.18. The number of piperidine rings is 1. The van der Waals surface area contributed by atoms with Crippen LogP contribution in [0, 0.1) is 5.41 Å². The summed E-state index contributed by atoms with van der Waals surface area (Å²) in [7, 11) is 0. The fourth-order valence-electron chi connectivity index (χ4n) is 1.89. The maximum absolute atomic E-state index is 12.7. The molecule has 1 saturated heterocycles. The van der Waals surface area contributed by atoms with Crippen molar-refractivity contribution in [2.45, 2.75) is 25.2 Å². The zero-order valence-corrected chi connectivity index (χ0v) is 9.31. The fourth-order valence-corrected chi connectivity index (χ4v) is 1.89. The van der Waals surface area contributed by atoms with Gasteiger partial charge in [0.05, 0.1) is 0 Å². The molecule has 0 atom stereocenters. The Hall–Kier alpha value is -1.48. The van der Waals surface area contributed by atoms with Crippen molar-refractivity contribution in [3.63, 3.8) is 0 Å².